The second kappa shape index (κ2) is 8.96. The van der Waals surface area contributed by atoms with Crippen LogP contribution in [-0.2, 0) is 23.0 Å². The van der Waals surface area contributed by atoms with E-state index in [0.717, 1.165) is 19.5 Å². The summed E-state index contributed by atoms with van der Waals surface area (Å²) >= 11 is 0. The molecule has 30 heavy (non-hydrogen) atoms. The minimum atomic E-state index is -3.72. The first-order valence-corrected chi connectivity index (χ1v) is 11.7. The SMILES string of the molecule is COc1ccc(S(=O)(=O)NC(CN2CCc3ccccc3C2)C(C)(C)C)cc1OC. The Bertz CT molecular complexity index is 983. The van der Waals surface area contributed by atoms with Crippen LogP contribution in [0.15, 0.2) is 47.4 Å². The summed E-state index contributed by atoms with van der Waals surface area (Å²) in [6.07, 6.45) is 0.982. The standard InChI is InChI=1S/C23H32N2O4S/c1-23(2,3)22(16-25-13-12-17-8-6-7-9-18(17)15-25)24-30(26,27)19-10-11-20(28-4)21(14-19)29-5/h6-11,14,22,24H,12-13,15-16H2,1-5H3. The van der Waals surface area contributed by atoms with Gasteiger partial charge >= 0.3 is 0 Å². The van der Waals surface area contributed by atoms with E-state index in [2.05, 4.69) is 54.7 Å². The molecular formula is C23H32N2O4S. The van der Waals surface area contributed by atoms with Gasteiger partial charge in [0, 0.05) is 31.7 Å². The number of rotatable bonds is 7. The van der Waals surface area contributed by atoms with Crippen molar-refractivity contribution in [3.8, 4) is 11.5 Å². The third kappa shape index (κ3) is 5.14. The van der Waals surface area contributed by atoms with Gasteiger partial charge in [-0.1, -0.05) is 45.0 Å². The van der Waals surface area contributed by atoms with Crippen LogP contribution in [0.5, 0.6) is 11.5 Å². The number of methoxy groups -OCH3 is 2. The molecule has 3 rings (SSSR count). The lowest BCUT2D eigenvalue weighted by atomic mass is 9.86. The molecule has 1 aliphatic heterocycles. The van der Waals surface area contributed by atoms with Crippen molar-refractivity contribution in [3.05, 3.63) is 53.6 Å². The van der Waals surface area contributed by atoms with E-state index in [-0.39, 0.29) is 16.4 Å². The predicted molar refractivity (Wildman–Crippen MR) is 119 cm³/mol. The molecule has 1 unspecified atom stereocenters. The Morgan fingerprint density at radius 3 is 2.33 bits per heavy atom. The topological polar surface area (TPSA) is 67.9 Å². The maximum Gasteiger partial charge on any atom is 0.241 e. The Kier molecular flexibility index (Phi) is 6.75. The summed E-state index contributed by atoms with van der Waals surface area (Å²) in [5, 5.41) is 0. The largest absolute Gasteiger partial charge is 0.493 e. The molecule has 0 fully saturated rings. The summed E-state index contributed by atoms with van der Waals surface area (Å²) in [7, 11) is -0.705. The lowest BCUT2D eigenvalue weighted by molar-refractivity contribution is 0.176. The molecule has 2 aromatic carbocycles. The Balaban J connectivity index is 1.80. The predicted octanol–water partition coefficient (Wildman–Crippen LogP) is 3.46. The Hall–Kier alpha value is -2.09. The van der Waals surface area contributed by atoms with Gasteiger partial charge in [0.15, 0.2) is 11.5 Å². The molecule has 0 aromatic heterocycles. The molecule has 0 amide bonds. The molecule has 0 aliphatic carbocycles. The maximum absolute atomic E-state index is 13.2. The van der Waals surface area contributed by atoms with Gasteiger partial charge in [0.05, 0.1) is 19.1 Å². The normalized spacial score (nSPS) is 16.0. The lowest BCUT2D eigenvalue weighted by Crippen LogP contribution is -2.51. The number of fused-ring (bicyclic) bond motifs is 1. The molecule has 7 heteroatoms. The molecule has 1 N–H and O–H groups in total. The molecule has 1 atom stereocenters. The monoisotopic (exact) mass is 432 g/mol. The molecule has 0 bridgehead atoms. The number of nitrogens with zero attached hydrogens (tertiary/aromatic N) is 1. The van der Waals surface area contributed by atoms with E-state index >= 15 is 0 Å². The maximum atomic E-state index is 13.2. The summed E-state index contributed by atoms with van der Waals surface area (Å²) in [5.41, 5.74) is 2.45. The fourth-order valence-corrected chi connectivity index (χ4v) is 5.14. The van der Waals surface area contributed by atoms with Gasteiger partial charge in [0.25, 0.3) is 0 Å². The highest BCUT2D eigenvalue weighted by atomic mass is 32.2. The molecule has 0 radical (unpaired) electrons. The minimum absolute atomic E-state index is 0.165. The first-order chi connectivity index (χ1) is 14.1. The number of ether oxygens (including phenoxy) is 2. The Morgan fingerprint density at radius 1 is 1.03 bits per heavy atom. The van der Waals surface area contributed by atoms with Crippen molar-refractivity contribution in [1.29, 1.82) is 0 Å². The average molecular weight is 433 g/mol. The van der Waals surface area contributed by atoms with Crippen molar-refractivity contribution >= 4 is 10.0 Å². The van der Waals surface area contributed by atoms with E-state index in [9.17, 15) is 8.42 Å². The zero-order chi connectivity index (χ0) is 21.9. The van der Waals surface area contributed by atoms with Crippen LogP contribution >= 0.6 is 0 Å². The van der Waals surface area contributed by atoms with Crippen molar-refractivity contribution in [3.63, 3.8) is 0 Å². The average Bonchev–Trinajstić information content (AvgIpc) is 2.71. The van der Waals surface area contributed by atoms with Gasteiger partial charge in [-0.25, -0.2) is 13.1 Å². The smallest absolute Gasteiger partial charge is 0.241 e. The van der Waals surface area contributed by atoms with Gasteiger partial charge in [0.2, 0.25) is 10.0 Å². The highest BCUT2D eigenvalue weighted by Crippen LogP contribution is 2.30. The molecular weight excluding hydrogens is 400 g/mol. The number of nitrogens with one attached hydrogen (secondary N) is 1. The van der Waals surface area contributed by atoms with Gasteiger partial charge in [-0.05, 0) is 35.1 Å². The van der Waals surface area contributed by atoms with Crippen LogP contribution in [0.1, 0.15) is 31.9 Å². The van der Waals surface area contributed by atoms with Gasteiger partial charge in [0.1, 0.15) is 0 Å². The van der Waals surface area contributed by atoms with Crippen LogP contribution in [0.3, 0.4) is 0 Å². The molecule has 0 saturated carbocycles. The van der Waals surface area contributed by atoms with E-state index in [1.54, 1.807) is 12.1 Å². The summed E-state index contributed by atoms with van der Waals surface area (Å²) in [6, 6.07) is 12.9. The summed E-state index contributed by atoms with van der Waals surface area (Å²) < 4.78 is 39.8. The molecule has 1 aliphatic rings. The van der Waals surface area contributed by atoms with Crippen molar-refractivity contribution < 1.29 is 17.9 Å². The Morgan fingerprint density at radius 2 is 1.70 bits per heavy atom. The first kappa shape index (κ1) is 22.6. The van der Waals surface area contributed by atoms with E-state index in [1.807, 2.05) is 0 Å². The van der Waals surface area contributed by atoms with Crippen molar-refractivity contribution in [2.24, 2.45) is 5.41 Å². The fourth-order valence-electron chi connectivity index (χ4n) is 3.70. The van der Waals surface area contributed by atoms with Crippen LogP contribution in [0.25, 0.3) is 0 Å². The van der Waals surface area contributed by atoms with Crippen LogP contribution in [-0.4, -0.2) is 46.7 Å². The van der Waals surface area contributed by atoms with E-state index in [0.29, 0.717) is 18.0 Å². The fraction of sp³-hybridized carbons (Fsp3) is 0.478. The van der Waals surface area contributed by atoms with Crippen LogP contribution in [0.4, 0.5) is 0 Å². The summed E-state index contributed by atoms with van der Waals surface area (Å²) in [5.74, 6) is 0.885. The molecule has 1 heterocycles. The van der Waals surface area contributed by atoms with E-state index in [4.69, 9.17) is 9.47 Å². The zero-order valence-corrected chi connectivity index (χ0v) is 19.3. The summed E-state index contributed by atoms with van der Waals surface area (Å²) in [6.45, 7) is 8.58. The zero-order valence-electron chi connectivity index (χ0n) is 18.4. The van der Waals surface area contributed by atoms with Gasteiger partial charge < -0.3 is 9.47 Å². The lowest BCUT2D eigenvalue weighted by Gasteiger charge is -2.37. The number of sulfonamides is 1. The second-order valence-electron chi connectivity index (χ2n) is 8.81. The molecule has 0 saturated heterocycles. The summed E-state index contributed by atoms with van der Waals surface area (Å²) in [4.78, 5) is 2.49. The van der Waals surface area contributed by atoms with Crippen molar-refractivity contribution in [2.45, 2.75) is 44.7 Å². The van der Waals surface area contributed by atoms with Crippen molar-refractivity contribution in [1.82, 2.24) is 9.62 Å². The third-order valence-corrected chi connectivity index (χ3v) is 7.13. The number of hydrogen-bond donors (Lipinski definition) is 1. The van der Waals surface area contributed by atoms with Gasteiger partial charge in [-0.15, -0.1) is 0 Å². The van der Waals surface area contributed by atoms with E-state index < -0.39 is 10.0 Å². The number of benzene rings is 2. The van der Waals surface area contributed by atoms with Gasteiger partial charge in [-0.2, -0.15) is 0 Å². The Labute approximate surface area is 180 Å². The van der Waals surface area contributed by atoms with Crippen LogP contribution in [0, 0.1) is 5.41 Å². The highest BCUT2D eigenvalue weighted by molar-refractivity contribution is 7.89. The quantitative estimate of drug-likeness (QED) is 0.726. The van der Waals surface area contributed by atoms with E-state index in [1.165, 1.54) is 31.4 Å². The minimum Gasteiger partial charge on any atom is -0.493 e. The van der Waals surface area contributed by atoms with Crippen LogP contribution in [0.2, 0.25) is 0 Å². The van der Waals surface area contributed by atoms with Crippen molar-refractivity contribution in [2.75, 3.05) is 27.3 Å². The number of hydrogen-bond acceptors (Lipinski definition) is 5. The third-order valence-electron chi connectivity index (χ3n) is 5.66. The second-order valence-corrected chi connectivity index (χ2v) is 10.5. The first-order valence-electron chi connectivity index (χ1n) is 10.2. The van der Waals surface area contributed by atoms with Crippen LogP contribution < -0.4 is 14.2 Å². The van der Waals surface area contributed by atoms with Gasteiger partial charge in [-0.3, -0.25) is 4.90 Å². The molecule has 0 spiro atoms. The molecule has 6 nitrogen and oxygen atoms in total. The molecule has 2 aromatic rings. The molecule has 164 valence electrons. The highest BCUT2D eigenvalue weighted by Gasteiger charge is 2.32.